The zero-order valence-electron chi connectivity index (χ0n) is 13.7. The fourth-order valence-electron chi connectivity index (χ4n) is 2.17. The average molecular weight is 300 g/mol. The first-order valence-corrected chi connectivity index (χ1v) is 7.49. The van der Waals surface area contributed by atoms with Gasteiger partial charge in [0, 0.05) is 14.2 Å². The van der Waals surface area contributed by atoms with Gasteiger partial charge >= 0.3 is 0 Å². The maximum absolute atomic E-state index is 12.3. The number of hydrogen-bond donors (Lipinski definition) is 0. The molecule has 22 heavy (non-hydrogen) atoms. The first-order valence-electron chi connectivity index (χ1n) is 7.49. The van der Waals surface area contributed by atoms with Crippen LogP contribution < -0.4 is 4.74 Å². The van der Waals surface area contributed by atoms with Gasteiger partial charge in [-0.2, -0.15) is 0 Å². The van der Waals surface area contributed by atoms with E-state index in [2.05, 4.69) is 4.74 Å². The molecule has 3 rings (SSSR count). The maximum atomic E-state index is 12.3. The van der Waals surface area contributed by atoms with Crippen LogP contribution in [0.5, 0.6) is 5.75 Å². The molecule has 0 saturated carbocycles. The third-order valence-electron chi connectivity index (χ3n) is 3.08. The Bertz CT molecular complexity index is 564. The number of methoxy groups -OCH3 is 1. The number of benzene rings is 2. The highest BCUT2D eigenvalue weighted by Crippen LogP contribution is 2.31. The highest BCUT2D eigenvalue weighted by Gasteiger charge is 2.29. The SMILES string of the molecule is CC.COC.O=C1c2ccccc2OCC1c1ccccc1. The number of carbonyl (C=O) groups is 1. The Labute approximate surface area is 132 Å². The van der Waals surface area contributed by atoms with Gasteiger partial charge in [0.05, 0.1) is 11.5 Å². The van der Waals surface area contributed by atoms with Crippen molar-refractivity contribution in [2.24, 2.45) is 0 Å². The van der Waals surface area contributed by atoms with Crippen LogP contribution in [-0.4, -0.2) is 26.6 Å². The van der Waals surface area contributed by atoms with Crippen LogP contribution in [0.15, 0.2) is 54.6 Å². The van der Waals surface area contributed by atoms with Crippen molar-refractivity contribution in [2.45, 2.75) is 19.8 Å². The van der Waals surface area contributed by atoms with Gasteiger partial charge in [-0.25, -0.2) is 0 Å². The molecule has 0 N–H and O–H groups in total. The van der Waals surface area contributed by atoms with Gasteiger partial charge in [0.15, 0.2) is 5.78 Å². The van der Waals surface area contributed by atoms with Crippen LogP contribution in [-0.2, 0) is 4.74 Å². The Kier molecular flexibility index (Phi) is 7.94. The molecule has 1 heterocycles. The smallest absolute Gasteiger partial charge is 0.177 e. The van der Waals surface area contributed by atoms with Gasteiger partial charge in [-0.15, -0.1) is 0 Å². The van der Waals surface area contributed by atoms with Crippen LogP contribution in [0, 0.1) is 0 Å². The third-order valence-corrected chi connectivity index (χ3v) is 3.08. The van der Waals surface area contributed by atoms with Crippen molar-refractivity contribution in [3.63, 3.8) is 0 Å². The number of Topliss-reactive ketones (excluding diaryl/α,β-unsaturated/α-hetero) is 1. The van der Waals surface area contributed by atoms with Gasteiger partial charge < -0.3 is 9.47 Å². The minimum absolute atomic E-state index is 0.151. The summed E-state index contributed by atoms with van der Waals surface area (Å²) in [5, 5.41) is 0. The number of rotatable bonds is 1. The molecule has 0 fully saturated rings. The lowest BCUT2D eigenvalue weighted by Gasteiger charge is -2.24. The third kappa shape index (κ3) is 4.43. The molecule has 0 aliphatic carbocycles. The molecule has 1 unspecified atom stereocenters. The van der Waals surface area contributed by atoms with Crippen molar-refractivity contribution in [1.29, 1.82) is 0 Å². The molecule has 3 heteroatoms. The van der Waals surface area contributed by atoms with E-state index < -0.39 is 0 Å². The molecule has 0 saturated heterocycles. The Hall–Kier alpha value is -2.13. The summed E-state index contributed by atoms with van der Waals surface area (Å²) in [6.07, 6.45) is 0. The minimum Gasteiger partial charge on any atom is -0.492 e. The van der Waals surface area contributed by atoms with E-state index in [0.29, 0.717) is 17.9 Å². The predicted molar refractivity (Wildman–Crippen MR) is 89.7 cm³/mol. The topological polar surface area (TPSA) is 35.5 Å². The molecule has 1 atom stereocenters. The summed E-state index contributed by atoms with van der Waals surface area (Å²) in [7, 11) is 3.25. The quantitative estimate of drug-likeness (QED) is 0.786. The predicted octanol–water partition coefficient (Wildman–Crippen LogP) is 4.33. The normalized spacial score (nSPS) is 15.3. The first kappa shape index (κ1) is 17.9. The number of ketones is 1. The van der Waals surface area contributed by atoms with Gasteiger partial charge in [-0.05, 0) is 17.7 Å². The molecule has 1 aliphatic rings. The fraction of sp³-hybridized carbons (Fsp3) is 0.316. The molecule has 0 bridgehead atoms. The zero-order chi connectivity index (χ0) is 16.4. The summed E-state index contributed by atoms with van der Waals surface area (Å²) in [5.41, 5.74) is 1.71. The summed E-state index contributed by atoms with van der Waals surface area (Å²) < 4.78 is 9.89. The van der Waals surface area contributed by atoms with Gasteiger partial charge in [0.25, 0.3) is 0 Å². The molecule has 0 aromatic heterocycles. The molecule has 2 aromatic rings. The van der Waals surface area contributed by atoms with Crippen molar-refractivity contribution >= 4 is 5.78 Å². The average Bonchev–Trinajstić information content (AvgIpc) is 2.59. The van der Waals surface area contributed by atoms with E-state index in [1.807, 2.05) is 68.4 Å². The monoisotopic (exact) mass is 300 g/mol. The molecule has 0 amide bonds. The standard InChI is InChI=1S/C15H12O2.C2H6O.C2H6/c16-15-12-8-4-5-9-14(12)17-10-13(15)11-6-2-1-3-7-11;1-3-2;1-2/h1-9,13H,10H2;1-2H3;1-2H3. The number of fused-ring (bicyclic) bond motifs is 1. The van der Waals surface area contributed by atoms with Crippen LogP contribution in [0.25, 0.3) is 0 Å². The largest absolute Gasteiger partial charge is 0.492 e. The first-order chi connectivity index (χ1) is 10.8. The lowest BCUT2D eigenvalue weighted by Crippen LogP contribution is -2.25. The van der Waals surface area contributed by atoms with E-state index in [-0.39, 0.29) is 11.7 Å². The van der Waals surface area contributed by atoms with Gasteiger partial charge in [0.1, 0.15) is 12.4 Å². The van der Waals surface area contributed by atoms with Crippen LogP contribution in [0.3, 0.4) is 0 Å². The maximum Gasteiger partial charge on any atom is 0.177 e. The molecule has 3 nitrogen and oxygen atoms in total. The van der Waals surface area contributed by atoms with Crippen molar-refractivity contribution in [3.8, 4) is 5.75 Å². The van der Waals surface area contributed by atoms with E-state index in [9.17, 15) is 4.79 Å². The fourth-order valence-corrected chi connectivity index (χ4v) is 2.17. The summed E-state index contributed by atoms with van der Waals surface area (Å²) in [5.74, 6) is 0.675. The minimum atomic E-state index is -0.175. The Morgan fingerprint density at radius 1 is 0.955 bits per heavy atom. The number of para-hydroxylation sites is 1. The molecule has 0 spiro atoms. The van der Waals surface area contributed by atoms with Gasteiger partial charge in [-0.1, -0.05) is 56.3 Å². The summed E-state index contributed by atoms with van der Waals surface area (Å²) in [6.45, 7) is 4.43. The van der Waals surface area contributed by atoms with Crippen molar-refractivity contribution < 1.29 is 14.3 Å². The molecular weight excluding hydrogens is 276 g/mol. The zero-order valence-corrected chi connectivity index (χ0v) is 13.7. The van der Waals surface area contributed by atoms with Crippen molar-refractivity contribution in [3.05, 3.63) is 65.7 Å². The Morgan fingerprint density at radius 3 is 2.14 bits per heavy atom. The van der Waals surface area contributed by atoms with Crippen molar-refractivity contribution in [2.75, 3.05) is 20.8 Å². The molecule has 0 radical (unpaired) electrons. The van der Waals surface area contributed by atoms with E-state index in [1.54, 1.807) is 14.2 Å². The Balaban J connectivity index is 0.000000435. The van der Waals surface area contributed by atoms with E-state index in [1.165, 1.54) is 0 Å². The number of hydrogen-bond acceptors (Lipinski definition) is 3. The second-order valence-corrected chi connectivity index (χ2v) is 4.54. The van der Waals surface area contributed by atoms with Crippen LogP contribution in [0.2, 0.25) is 0 Å². The van der Waals surface area contributed by atoms with Crippen LogP contribution >= 0.6 is 0 Å². The van der Waals surface area contributed by atoms with E-state index >= 15 is 0 Å². The lowest BCUT2D eigenvalue weighted by atomic mass is 9.89. The molecule has 1 aliphatic heterocycles. The highest BCUT2D eigenvalue weighted by molar-refractivity contribution is 6.04. The second kappa shape index (κ2) is 9.74. The molecule has 2 aromatic carbocycles. The Morgan fingerprint density at radius 2 is 1.50 bits per heavy atom. The van der Waals surface area contributed by atoms with Gasteiger partial charge in [0.2, 0.25) is 0 Å². The summed E-state index contributed by atoms with van der Waals surface area (Å²) in [6, 6.07) is 17.2. The van der Waals surface area contributed by atoms with E-state index in [4.69, 9.17) is 4.74 Å². The molecular formula is C19H24O3. The summed E-state index contributed by atoms with van der Waals surface area (Å²) in [4.78, 5) is 12.3. The lowest BCUT2D eigenvalue weighted by molar-refractivity contribution is 0.0896. The van der Waals surface area contributed by atoms with Gasteiger partial charge in [-0.3, -0.25) is 4.79 Å². The van der Waals surface area contributed by atoms with Crippen LogP contribution in [0.4, 0.5) is 0 Å². The highest BCUT2D eigenvalue weighted by atomic mass is 16.5. The number of ether oxygens (including phenoxy) is 2. The molecule has 118 valence electrons. The van der Waals surface area contributed by atoms with Crippen LogP contribution in [0.1, 0.15) is 35.7 Å². The van der Waals surface area contributed by atoms with Crippen molar-refractivity contribution in [1.82, 2.24) is 0 Å². The summed E-state index contributed by atoms with van der Waals surface area (Å²) >= 11 is 0. The van der Waals surface area contributed by atoms with E-state index in [0.717, 1.165) is 5.56 Å². The second-order valence-electron chi connectivity index (χ2n) is 4.54. The number of carbonyl (C=O) groups excluding carboxylic acids is 1.